The summed E-state index contributed by atoms with van der Waals surface area (Å²) in [5.74, 6) is 0. The first-order valence-corrected chi connectivity index (χ1v) is 10.1. The molecule has 1 nitrogen and oxygen atoms in total. The molecule has 0 amide bonds. The molecule has 0 aromatic carbocycles. The maximum absolute atomic E-state index is 2.66. The Bertz CT molecular complexity index is 542. The Morgan fingerprint density at radius 2 is 1.57 bits per heavy atom. The molecule has 1 saturated heterocycles. The first-order valence-electron chi connectivity index (χ1n) is 10.1. The number of allylic oxidation sites excluding steroid dienone is 5. The van der Waals surface area contributed by atoms with E-state index in [-0.39, 0.29) is 0 Å². The van der Waals surface area contributed by atoms with E-state index in [4.69, 9.17) is 0 Å². The molecule has 1 fully saturated rings. The van der Waals surface area contributed by atoms with Crippen LogP contribution in [-0.4, -0.2) is 17.5 Å². The lowest BCUT2D eigenvalue weighted by Crippen LogP contribution is -2.16. The monoisotopic (exact) mass is 313 g/mol. The zero-order chi connectivity index (χ0) is 16.4. The average molecular weight is 314 g/mol. The van der Waals surface area contributed by atoms with E-state index in [9.17, 15) is 0 Å². The maximum atomic E-state index is 2.66. The van der Waals surface area contributed by atoms with Gasteiger partial charge in [0.05, 0.1) is 6.04 Å². The fraction of sp³-hybridized carbons (Fsp3) is 0.727. The van der Waals surface area contributed by atoms with E-state index in [1.165, 1.54) is 76.3 Å². The Labute approximate surface area is 143 Å². The van der Waals surface area contributed by atoms with E-state index >= 15 is 0 Å². The molecule has 0 saturated carbocycles. The van der Waals surface area contributed by atoms with Gasteiger partial charge in [0.15, 0.2) is 0 Å². The predicted octanol–water partition coefficient (Wildman–Crippen LogP) is 6.53. The highest BCUT2D eigenvalue weighted by molar-refractivity contribution is 5.74. The molecule has 0 aromatic rings. The molecular weight excluding hydrogens is 278 g/mol. The van der Waals surface area contributed by atoms with Crippen molar-refractivity contribution in [1.29, 1.82) is 0 Å². The van der Waals surface area contributed by atoms with Crippen LogP contribution in [0.3, 0.4) is 0 Å². The van der Waals surface area contributed by atoms with Crippen molar-refractivity contribution in [2.24, 2.45) is 0 Å². The number of hydrogen-bond donors (Lipinski definition) is 0. The smallest absolute Gasteiger partial charge is 0.0666 e. The summed E-state index contributed by atoms with van der Waals surface area (Å²) in [5, 5.41) is 0. The van der Waals surface area contributed by atoms with Crippen LogP contribution in [0.2, 0.25) is 0 Å². The number of rotatable bonds is 3. The second kappa shape index (κ2) is 7.28. The quantitative estimate of drug-likeness (QED) is 0.535. The molecule has 0 spiro atoms. The summed E-state index contributed by atoms with van der Waals surface area (Å²) in [6.45, 7) is 10.6. The van der Waals surface area contributed by atoms with Crippen molar-refractivity contribution in [3.63, 3.8) is 0 Å². The highest BCUT2D eigenvalue weighted by atomic mass is 15.3. The van der Waals surface area contributed by atoms with E-state index in [1.807, 2.05) is 0 Å². The van der Waals surface area contributed by atoms with Gasteiger partial charge in [-0.2, -0.15) is 0 Å². The summed E-state index contributed by atoms with van der Waals surface area (Å²) in [6, 6.07) is 0.690. The van der Waals surface area contributed by atoms with E-state index in [0.717, 1.165) is 0 Å². The van der Waals surface area contributed by atoms with Gasteiger partial charge in [-0.05, 0) is 69.6 Å². The summed E-state index contributed by atoms with van der Waals surface area (Å²) < 4.78 is 0. The fourth-order valence-electron chi connectivity index (χ4n) is 4.58. The van der Waals surface area contributed by atoms with Gasteiger partial charge in [-0.3, -0.25) is 0 Å². The second-order valence-corrected chi connectivity index (χ2v) is 7.94. The van der Waals surface area contributed by atoms with Gasteiger partial charge in [-0.1, -0.05) is 44.6 Å². The van der Waals surface area contributed by atoms with Crippen LogP contribution in [0.5, 0.6) is 0 Å². The van der Waals surface area contributed by atoms with Crippen LogP contribution in [0.25, 0.3) is 0 Å². The number of hydrogen-bond acceptors (Lipinski definition) is 1. The molecule has 2 aliphatic carbocycles. The van der Waals surface area contributed by atoms with Gasteiger partial charge in [0, 0.05) is 17.8 Å². The highest BCUT2D eigenvalue weighted by Gasteiger charge is 2.44. The predicted molar refractivity (Wildman–Crippen MR) is 100 cm³/mol. The minimum atomic E-state index is 0.690. The van der Waals surface area contributed by atoms with E-state index < -0.39 is 0 Å². The lowest BCUT2D eigenvalue weighted by Gasteiger charge is -2.33. The molecule has 0 bridgehead atoms. The van der Waals surface area contributed by atoms with Crippen LogP contribution in [0.4, 0.5) is 0 Å². The van der Waals surface area contributed by atoms with Gasteiger partial charge in [-0.25, -0.2) is 0 Å². The topological polar surface area (TPSA) is 3.01 Å². The Hall–Kier alpha value is -0.980. The molecule has 1 heterocycles. The van der Waals surface area contributed by atoms with Gasteiger partial charge in [-0.15, -0.1) is 0 Å². The Morgan fingerprint density at radius 3 is 2.17 bits per heavy atom. The Balaban J connectivity index is 1.90. The molecule has 1 unspecified atom stereocenters. The molecule has 1 aliphatic heterocycles. The van der Waals surface area contributed by atoms with Crippen LogP contribution in [0.1, 0.15) is 91.9 Å². The van der Waals surface area contributed by atoms with Crippen LogP contribution >= 0.6 is 0 Å². The van der Waals surface area contributed by atoms with E-state index in [0.29, 0.717) is 6.04 Å². The third-order valence-electron chi connectivity index (χ3n) is 5.94. The summed E-state index contributed by atoms with van der Waals surface area (Å²) in [5.41, 5.74) is 10.0. The number of nitrogens with zero attached hydrogens (tertiary/aromatic N) is 1. The third-order valence-corrected chi connectivity index (χ3v) is 5.94. The molecule has 0 radical (unpaired) electrons. The van der Waals surface area contributed by atoms with Crippen molar-refractivity contribution in [3.05, 3.63) is 33.6 Å². The first-order chi connectivity index (χ1) is 11.2. The molecule has 3 rings (SSSR count). The standard InChI is InChI=1S/C22H35N/c1-5-6-15-23-17(4)22(23)21-19-14-12-10-8-7-9-11-13-18(19)20(21)16(2)3/h17H,5-15H2,1-4H3/b22-21+. The van der Waals surface area contributed by atoms with E-state index in [1.54, 1.807) is 28.0 Å². The van der Waals surface area contributed by atoms with Gasteiger partial charge < -0.3 is 4.90 Å². The minimum absolute atomic E-state index is 0.690. The van der Waals surface area contributed by atoms with Crippen molar-refractivity contribution in [2.75, 3.05) is 6.54 Å². The first kappa shape index (κ1) is 16.9. The molecule has 128 valence electrons. The molecular formula is C22H35N. The molecule has 0 aromatic heterocycles. The number of unbranched alkanes of at least 4 members (excludes halogenated alkanes) is 1. The van der Waals surface area contributed by atoms with E-state index in [2.05, 4.69) is 32.6 Å². The van der Waals surface area contributed by atoms with Gasteiger partial charge in [0.2, 0.25) is 0 Å². The molecule has 1 heteroatoms. The Morgan fingerprint density at radius 1 is 0.957 bits per heavy atom. The summed E-state index contributed by atoms with van der Waals surface area (Å²) in [7, 11) is 0. The van der Waals surface area contributed by atoms with Crippen molar-refractivity contribution in [2.45, 2.75) is 97.9 Å². The summed E-state index contributed by atoms with van der Waals surface area (Å²) >= 11 is 0. The third kappa shape index (κ3) is 3.30. The lowest BCUT2D eigenvalue weighted by atomic mass is 9.71. The summed E-state index contributed by atoms with van der Waals surface area (Å²) in [6.07, 6.45) is 13.8. The second-order valence-electron chi connectivity index (χ2n) is 7.94. The molecule has 3 aliphatic rings. The lowest BCUT2D eigenvalue weighted by molar-refractivity contribution is 0.508. The van der Waals surface area contributed by atoms with Gasteiger partial charge in [0.25, 0.3) is 0 Å². The van der Waals surface area contributed by atoms with Crippen molar-refractivity contribution >= 4 is 0 Å². The van der Waals surface area contributed by atoms with Crippen molar-refractivity contribution in [3.8, 4) is 0 Å². The SMILES string of the molecule is CCCCN1/C(=C2\C3=C(CCCCCCCC3)C2=C(C)C)C1C. The molecule has 1 atom stereocenters. The van der Waals surface area contributed by atoms with Gasteiger partial charge in [0.1, 0.15) is 0 Å². The van der Waals surface area contributed by atoms with Gasteiger partial charge >= 0.3 is 0 Å². The molecule has 0 N–H and O–H groups in total. The fourth-order valence-corrected chi connectivity index (χ4v) is 4.58. The largest absolute Gasteiger partial charge is 0.364 e. The highest BCUT2D eigenvalue weighted by Crippen LogP contribution is 2.53. The zero-order valence-corrected chi connectivity index (χ0v) is 15.8. The summed E-state index contributed by atoms with van der Waals surface area (Å²) in [4.78, 5) is 2.66. The average Bonchev–Trinajstić information content (AvgIpc) is 3.13. The zero-order valence-electron chi connectivity index (χ0n) is 15.8. The molecule has 23 heavy (non-hydrogen) atoms. The maximum Gasteiger partial charge on any atom is 0.0666 e. The van der Waals surface area contributed by atoms with Crippen LogP contribution in [0, 0.1) is 0 Å². The van der Waals surface area contributed by atoms with Crippen LogP contribution in [0.15, 0.2) is 33.6 Å². The Kier molecular flexibility index (Phi) is 5.34. The minimum Gasteiger partial charge on any atom is -0.364 e. The van der Waals surface area contributed by atoms with Crippen LogP contribution < -0.4 is 0 Å². The normalized spacial score (nSPS) is 28.4. The van der Waals surface area contributed by atoms with Crippen LogP contribution in [-0.2, 0) is 0 Å². The van der Waals surface area contributed by atoms with Crippen molar-refractivity contribution < 1.29 is 0 Å². The van der Waals surface area contributed by atoms with Crippen molar-refractivity contribution in [1.82, 2.24) is 4.90 Å².